The molecule has 0 amide bonds. The van der Waals surface area contributed by atoms with Gasteiger partial charge in [0.1, 0.15) is 11.5 Å². The molecule has 0 aliphatic carbocycles. The average molecular weight is 293 g/mol. The summed E-state index contributed by atoms with van der Waals surface area (Å²) in [5, 5.41) is 10.6. The van der Waals surface area contributed by atoms with Crippen molar-refractivity contribution in [1.29, 1.82) is 0 Å². The summed E-state index contributed by atoms with van der Waals surface area (Å²) in [4.78, 5) is 2.08. The molecule has 0 unspecified atom stereocenters. The summed E-state index contributed by atoms with van der Waals surface area (Å²) in [7, 11) is 3.60. The molecule has 22 heavy (non-hydrogen) atoms. The number of anilines is 2. The van der Waals surface area contributed by atoms with E-state index in [4.69, 9.17) is 4.74 Å². The zero-order chi connectivity index (χ0) is 15.9. The van der Waals surface area contributed by atoms with Gasteiger partial charge < -0.3 is 14.7 Å². The zero-order valence-electron chi connectivity index (χ0n) is 13.1. The molecule has 3 nitrogen and oxygen atoms in total. The summed E-state index contributed by atoms with van der Waals surface area (Å²) in [6, 6.07) is 11.8. The molecule has 0 atom stereocenters. The van der Waals surface area contributed by atoms with Crippen LogP contribution in [0.25, 0.3) is 5.57 Å². The molecule has 0 aromatic heterocycles. The quantitative estimate of drug-likeness (QED) is 0.885. The summed E-state index contributed by atoms with van der Waals surface area (Å²) in [6.07, 6.45) is 1.82. The summed E-state index contributed by atoms with van der Waals surface area (Å²) >= 11 is 0. The van der Waals surface area contributed by atoms with Gasteiger partial charge in [0.2, 0.25) is 0 Å². The molecule has 0 spiro atoms. The Morgan fingerprint density at radius 3 is 2.64 bits per heavy atom. The van der Waals surface area contributed by atoms with Gasteiger partial charge in [0.25, 0.3) is 0 Å². The van der Waals surface area contributed by atoms with E-state index in [0.717, 1.165) is 33.6 Å². The topological polar surface area (TPSA) is 32.7 Å². The number of benzene rings is 2. The molecule has 2 aromatic rings. The molecule has 3 heteroatoms. The molecule has 1 N–H and O–H groups in total. The zero-order valence-corrected chi connectivity index (χ0v) is 13.1. The van der Waals surface area contributed by atoms with Crippen molar-refractivity contribution >= 4 is 16.9 Å². The number of ether oxygens (including phenoxy) is 1. The molecular weight excluding hydrogens is 274 g/mol. The largest absolute Gasteiger partial charge is 0.507 e. The fourth-order valence-electron chi connectivity index (χ4n) is 2.98. The van der Waals surface area contributed by atoms with Crippen LogP contribution in [0.15, 0.2) is 54.6 Å². The van der Waals surface area contributed by atoms with Crippen molar-refractivity contribution in [3.05, 3.63) is 65.8 Å². The number of para-hydroxylation sites is 1. The molecule has 0 saturated heterocycles. The van der Waals surface area contributed by atoms with Crippen molar-refractivity contribution in [2.24, 2.45) is 0 Å². The van der Waals surface area contributed by atoms with Gasteiger partial charge in [0, 0.05) is 36.0 Å². The number of phenols is 1. The first-order valence-corrected chi connectivity index (χ1v) is 7.16. The second kappa shape index (κ2) is 5.26. The molecule has 112 valence electrons. The van der Waals surface area contributed by atoms with E-state index < -0.39 is 0 Å². The lowest BCUT2D eigenvalue weighted by molar-refractivity contribution is 0.407. The standard InChI is InChI=1S/C19H19NO2/c1-5-12(2)18-14-8-6-7-9-15(14)20(3)16-10-13(22-4)11-17(21)19(16)18/h5-11,21H,1H2,2-4H3/b18-12+. The number of fused-ring (bicyclic) bond motifs is 2. The van der Waals surface area contributed by atoms with Gasteiger partial charge in [-0.15, -0.1) is 0 Å². The van der Waals surface area contributed by atoms with E-state index >= 15 is 0 Å². The van der Waals surface area contributed by atoms with Crippen LogP contribution in [0, 0.1) is 0 Å². The van der Waals surface area contributed by atoms with E-state index in [1.54, 1.807) is 13.2 Å². The van der Waals surface area contributed by atoms with Gasteiger partial charge in [-0.1, -0.05) is 30.9 Å². The van der Waals surface area contributed by atoms with Crippen molar-refractivity contribution in [2.45, 2.75) is 6.92 Å². The van der Waals surface area contributed by atoms with Crippen LogP contribution in [-0.4, -0.2) is 19.3 Å². The third-order valence-corrected chi connectivity index (χ3v) is 4.15. The number of methoxy groups -OCH3 is 1. The highest BCUT2D eigenvalue weighted by molar-refractivity contribution is 6.01. The molecule has 0 saturated carbocycles. The minimum absolute atomic E-state index is 0.215. The third-order valence-electron chi connectivity index (χ3n) is 4.15. The molecule has 1 aliphatic rings. The normalized spacial score (nSPS) is 15.0. The number of nitrogens with zero attached hydrogens (tertiary/aromatic N) is 1. The Morgan fingerprint density at radius 2 is 1.95 bits per heavy atom. The second-order valence-electron chi connectivity index (χ2n) is 5.38. The van der Waals surface area contributed by atoms with Gasteiger partial charge in [-0.3, -0.25) is 0 Å². The minimum Gasteiger partial charge on any atom is -0.507 e. The van der Waals surface area contributed by atoms with Crippen LogP contribution in [0.2, 0.25) is 0 Å². The number of allylic oxidation sites excluding steroid dienone is 2. The van der Waals surface area contributed by atoms with Gasteiger partial charge >= 0.3 is 0 Å². The first-order chi connectivity index (χ1) is 10.6. The van der Waals surface area contributed by atoms with Crippen LogP contribution >= 0.6 is 0 Å². The number of rotatable bonds is 2. The molecule has 3 rings (SSSR count). The second-order valence-corrected chi connectivity index (χ2v) is 5.38. The average Bonchev–Trinajstić information content (AvgIpc) is 2.55. The van der Waals surface area contributed by atoms with Gasteiger partial charge in [-0.25, -0.2) is 0 Å². The summed E-state index contributed by atoms with van der Waals surface area (Å²) in [5.74, 6) is 0.852. The molecule has 0 fully saturated rings. The van der Waals surface area contributed by atoms with Gasteiger partial charge in [-0.2, -0.15) is 0 Å². The Hall–Kier alpha value is -2.68. The van der Waals surface area contributed by atoms with Gasteiger partial charge in [0.05, 0.1) is 12.8 Å². The minimum atomic E-state index is 0.215. The first-order valence-electron chi connectivity index (χ1n) is 7.16. The van der Waals surface area contributed by atoms with Gasteiger partial charge in [0.15, 0.2) is 0 Å². The van der Waals surface area contributed by atoms with Crippen LogP contribution in [0.5, 0.6) is 11.5 Å². The Kier molecular flexibility index (Phi) is 3.41. The van der Waals surface area contributed by atoms with E-state index in [0.29, 0.717) is 5.75 Å². The number of hydrogen-bond donors (Lipinski definition) is 1. The van der Waals surface area contributed by atoms with E-state index in [1.165, 1.54) is 0 Å². The lowest BCUT2D eigenvalue weighted by atomic mass is 9.86. The fraction of sp³-hybridized carbons (Fsp3) is 0.158. The number of aromatic hydroxyl groups is 1. The molecule has 0 bridgehead atoms. The number of hydrogen-bond acceptors (Lipinski definition) is 3. The Bertz CT molecular complexity index is 790. The van der Waals surface area contributed by atoms with Gasteiger partial charge in [-0.05, 0) is 24.1 Å². The fourth-order valence-corrected chi connectivity index (χ4v) is 2.98. The van der Waals surface area contributed by atoms with E-state index in [2.05, 4.69) is 23.6 Å². The molecule has 1 heterocycles. The summed E-state index contributed by atoms with van der Waals surface area (Å²) < 4.78 is 5.30. The van der Waals surface area contributed by atoms with Crippen molar-refractivity contribution in [3.63, 3.8) is 0 Å². The maximum Gasteiger partial charge on any atom is 0.129 e. The molecule has 1 aliphatic heterocycles. The monoisotopic (exact) mass is 293 g/mol. The van der Waals surface area contributed by atoms with Crippen molar-refractivity contribution in [2.75, 3.05) is 19.1 Å². The highest BCUT2D eigenvalue weighted by Gasteiger charge is 2.28. The smallest absolute Gasteiger partial charge is 0.129 e. The van der Waals surface area contributed by atoms with Crippen LogP contribution < -0.4 is 9.64 Å². The molecule has 2 aromatic carbocycles. The predicted molar refractivity (Wildman–Crippen MR) is 91.1 cm³/mol. The van der Waals surface area contributed by atoms with Crippen LogP contribution in [-0.2, 0) is 0 Å². The van der Waals surface area contributed by atoms with Crippen LogP contribution in [0.3, 0.4) is 0 Å². The predicted octanol–water partition coefficient (Wildman–Crippen LogP) is 4.49. The molecule has 0 radical (unpaired) electrons. The van der Waals surface area contributed by atoms with Crippen LogP contribution in [0.4, 0.5) is 11.4 Å². The van der Waals surface area contributed by atoms with E-state index in [-0.39, 0.29) is 5.75 Å². The summed E-state index contributed by atoms with van der Waals surface area (Å²) in [6.45, 7) is 5.90. The summed E-state index contributed by atoms with van der Waals surface area (Å²) in [5.41, 5.74) is 5.97. The Labute approximate surface area is 130 Å². The number of phenolic OH excluding ortho intramolecular Hbond substituents is 1. The SMILES string of the molecule is C=C/C(C)=C1\c2ccccc2N(C)c2cc(OC)cc(O)c21. The van der Waals surface area contributed by atoms with Crippen molar-refractivity contribution in [3.8, 4) is 11.5 Å². The lowest BCUT2D eigenvalue weighted by Gasteiger charge is -2.33. The van der Waals surface area contributed by atoms with E-state index in [9.17, 15) is 5.11 Å². The van der Waals surface area contributed by atoms with Crippen molar-refractivity contribution < 1.29 is 9.84 Å². The van der Waals surface area contributed by atoms with Crippen molar-refractivity contribution in [1.82, 2.24) is 0 Å². The maximum absolute atomic E-state index is 10.6. The Morgan fingerprint density at radius 1 is 1.23 bits per heavy atom. The maximum atomic E-state index is 10.6. The van der Waals surface area contributed by atoms with E-state index in [1.807, 2.05) is 38.2 Å². The molecular formula is C19H19NO2. The van der Waals surface area contributed by atoms with Crippen LogP contribution in [0.1, 0.15) is 18.1 Å². The third kappa shape index (κ3) is 1.98. The Balaban J connectivity index is 2.41. The highest BCUT2D eigenvalue weighted by Crippen LogP contribution is 2.50. The lowest BCUT2D eigenvalue weighted by Crippen LogP contribution is -2.18. The highest BCUT2D eigenvalue weighted by atomic mass is 16.5. The first kappa shape index (κ1) is 14.3.